The fourth-order valence-electron chi connectivity index (χ4n) is 2.65. The molecule has 0 bridgehead atoms. The van der Waals surface area contributed by atoms with Gasteiger partial charge in [0, 0.05) is 11.3 Å². The lowest BCUT2D eigenvalue weighted by atomic mass is 10.1. The summed E-state index contributed by atoms with van der Waals surface area (Å²) in [5.41, 5.74) is 3.02. The molecule has 1 aliphatic rings. The first-order valence-electron chi connectivity index (χ1n) is 6.97. The first-order valence-corrected chi connectivity index (χ1v) is 7.41. The second kappa shape index (κ2) is 4.88. The predicted octanol–water partition coefficient (Wildman–Crippen LogP) is 3.48. The number of hydrogen-bond acceptors (Lipinski definition) is 4. The number of fused-ring (bicyclic) bond motifs is 1. The molecule has 1 fully saturated rings. The molecule has 1 saturated carbocycles. The minimum atomic E-state index is -0.461. The van der Waals surface area contributed by atoms with Gasteiger partial charge in [0.2, 0.25) is 0 Å². The summed E-state index contributed by atoms with van der Waals surface area (Å²) in [6, 6.07) is 9.43. The second-order valence-corrected chi connectivity index (χ2v) is 5.93. The molecule has 3 aromatic heterocycles. The Balaban J connectivity index is 1.93. The minimum Gasteiger partial charge on any atom is -0.464 e. The molecule has 4 rings (SSSR count). The molecule has 3 aromatic rings. The first kappa shape index (κ1) is 13.4. The molecule has 0 aliphatic heterocycles. The number of aromatic nitrogens is 2. The Labute approximate surface area is 131 Å². The van der Waals surface area contributed by atoms with E-state index in [1.54, 1.807) is 16.8 Å². The number of esters is 1. The lowest BCUT2D eigenvalue weighted by Crippen LogP contribution is -2.03. The van der Waals surface area contributed by atoms with Crippen LogP contribution in [0.15, 0.2) is 41.0 Å². The molecule has 0 radical (unpaired) electrons. The molecule has 1 aliphatic carbocycles. The van der Waals surface area contributed by atoms with Crippen LogP contribution in [0.4, 0.5) is 0 Å². The molecule has 3 heterocycles. The molecule has 2 atom stereocenters. The number of halogens is 1. The van der Waals surface area contributed by atoms with Crippen LogP contribution in [0.5, 0.6) is 0 Å². The van der Waals surface area contributed by atoms with Crippen LogP contribution in [0.1, 0.15) is 28.4 Å². The van der Waals surface area contributed by atoms with Crippen LogP contribution in [-0.2, 0) is 4.74 Å². The van der Waals surface area contributed by atoms with Crippen molar-refractivity contribution in [3.63, 3.8) is 0 Å². The van der Waals surface area contributed by atoms with E-state index in [1.807, 2.05) is 24.3 Å². The molecular weight excluding hydrogens is 304 g/mol. The molecule has 22 heavy (non-hydrogen) atoms. The standard InChI is InChI=1S/C16H13ClN2O3/c1-21-16(20)13-7-10-5-9(11-8-12(11)17)6-14(19(10)18-13)15-3-2-4-22-15/h2-7,11-12H,8H2,1H3. The van der Waals surface area contributed by atoms with Gasteiger partial charge < -0.3 is 9.15 Å². The highest BCUT2D eigenvalue weighted by Crippen LogP contribution is 2.46. The second-order valence-electron chi connectivity index (χ2n) is 5.37. The number of rotatable bonds is 3. The van der Waals surface area contributed by atoms with Crippen LogP contribution in [0.3, 0.4) is 0 Å². The first-order chi connectivity index (χ1) is 10.7. The number of ether oxygens (including phenoxy) is 1. The quantitative estimate of drug-likeness (QED) is 0.548. The molecule has 0 aromatic carbocycles. The highest BCUT2D eigenvalue weighted by molar-refractivity contribution is 6.23. The van der Waals surface area contributed by atoms with Gasteiger partial charge in [-0.2, -0.15) is 5.10 Å². The van der Waals surface area contributed by atoms with Crippen LogP contribution >= 0.6 is 11.6 Å². The Morgan fingerprint density at radius 2 is 2.27 bits per heavy atom. The van der Waals surface area contributed by atoms with Crippen molar-refractivity contribution in [2.45, 2.75) is 17.7 Å². The van der Waals surface area contributed by atoms with Gasteiger partial charge in [-0.25, -0.2) is 9.31 Å². The third-order valence-corrected chi connectivity index (χ3v) is 4.37. The smallest absolute Gasteiger partial charge is 0.358 e. The maximum atomic E-state index is 11.7. The highest BCUT2D eigenvalue weighted by atomic mass is 35.5. The molecule has 112 valence electrons. The molecule has 5 nitrogen and oxygen atoms in total. The highest BCUT2D eigenvalue weighted by Gasteiger charge is 2.37. The average molecular weight is 317 g/mol. The number of alkyl halides is 1. The van der Waals surface area contributed by atoms with E-state index in [2.05, 4.69) is 5.10 Å². The molecular formula is C16H13ClN2O3. The zero-order valence-corrected chi connectivity index (χ0v) is 12.6. The van der Waals surface area contributed by atoms with Gasteiger partial charge in [-0.1, -0.05) is 0 Å². The summed E-state index contributed by atoms with van der Waals surface area (Å²) >= 11 is 6.17. The topological polar surface area (TPSA) is 56.7 Å². The van der Waals surface area contributed by atoms with Crippen molar-refractivity contribution < 1.29 is 13.9 Å². The lowest BCUT2D eigenvalue weighted by molar-refractivity contribution is 0.0593. The van der Waals surface area contributed by atoms with Crippen LogP contribution in [-0.4, -0.2) is 28.1 Å². The number of methoxy groups -OCH3 is 1. The molecule has 0 amide bonds. The van der Waals surface area contributed by atoms with Crippen molar-refractivity contribution in [2.24, 2.45) is 0 Å². The van der Waals surface area contributed by atoms with Gasteiger partial charge in [0.25, 0.3) is 0 Å². The maximum Gasteiger partial charge on any atom is 0.358 e. The zero-order valence-electron chi connectivity index (χ0n) is 11.8. The van der Waals surface area contributed by atoms with Gasteiger partial charge in [-0.15, -0.1) is 11.6 Å². The normalized spacial score (nSPS) is 20.3. The number of furan rings is 1. The minimum absolute atomic E-state index is 0.176. The third kappa shape index (κ3) is 2.09. The average Bonchev–Trinajstić information content (AvgIpc) is 2.99. The van der Waals surface area contributed by atoms with E-state index >= 15 is 0 Å². The summed E-state index contributed by atoms with van der Waals surface area (Å²) in [4.78, 5) is 11.7. The van der Waals surface area contributed by atoms with Gasteiger partial charge in [-0.3, -0.25) is 0 Å². The summed E-state index contributed by atoms with van der Waals surface area (Å²) in [6.07, 6.45) is 2.58. The van der Waals surface area contributed by atoms with Crippen molar-refractivity contribution in [2.75, 3.05) is 7.11 Å². The number of carbonyl (C=O) groups excluding carboxylic acids is 1. The van der Waals surface area contributed by atoms with Gasteiger partial charge in [0.1, 0.15) is 5.69 Å². The number of carbonyl (C=O) groups is 1. The Hall–Kier alpha value is -2.27. The lowest BCUT2D eigenvalue weighted by Gasteiger charge is -2.06. The van der Waals surface area contributed by atoms with Crippen molar-refractivity contribution >= 4 is 23.1 Å². The Morgan fingerprint density at radius 1 is 1.45 bits per heavy atom. The fraction of sp³-hybridized carbons (Fsp3) is 0.250. The van der Waals surface area contributed by atoms with Gasteiger partial charge in [-0.05, 0) is 42.3 Å². The Kier molecular flexibility index (Phi) is 2.97. The van der Waals surface area contributed by atoms with Crippen LogP contribution < -0.4 is 0 Å². The van der Waals surface area contributed by atoms with Gasteiger partial charge >= 0.3 is 5.97 Å². The largest absolute Gasteiger partial charge is 0.464 e. The summed E-state index contributed by atoms with van der Waals surface area (Å²) < 4.78 is 11.9. The van der Waals surface area contributed by atoms with Crippen molar-refractivity contribution in [1.29, 1.82) is 0 Å². The van der Waals surface area contributed by atoms with E-state index in [0.717, 1.165) is 23.2 Å². The maximum absolute atomic E-state index is 11.7. The molecule has 0 saturated heterocycles. The summed E-state index contributed by atoms with van der Waals surface area (Å²) in [5, 5.41) is 4.50. The molecule has 0 N–H and O–H groups in total. The third-order valence-electron chi connectivity index (χ3n) is 3.89. The van der Waals surface area contributed by atoms with Crippen LogP contribution in [0, 0.1) is 0 Å². The summed E-state index contributed by atoms with van der Waals surface area (Å²) in [6.45, 7) is 0. The summed E-state index contributed by atoms with van der Waals surface area (Å²) in [7, 11) is 1.34. The van der Waals surface area contributed by atoms with E-state index < -0.39 is 5.97 Å². The molecule has 2 unspecified atom stereocenters. The van der Waals surface area contributed by atoms with Crippen LogP contribution in [0.25, 0.3) is 17.0 Å². The number of nitrogens with zero attached hydrogens (tertiary/aromatic N) is 2. The fourth-order valence-corrected chi connectivity index (χ4v) is 2.99. The van der Waals surface area contributed by atoms with E-state index in [0.29, 0.717) is 11.7 Å². The van der Waals surface area contributed by atoms with E-state index in [1.165, 1.54) is 7.11 Å². The zero-order chi connectivity index (χ0) is 15.3. The van der Waals surface area contributed by atoms with Crippen LogP contribution in [0.2, 0.25) is 0 Å². The monoisotopic (exact) mass is 316 g/mol. The van der Waals surface area contributed by atoms with Crippen molar-refractivity contribution in [1.82, 2.24) is 9.61 Å². The van der Waals surface area contributed by atoms with Gasteiger partial charge in [0.15, 0.2) is 11.5 Å². The Morgan fingerprint density at radius 3 is 2.91 bits per heavy atom. The molecule has 6 heteroatoms. The molecule has 0 spiro atoms. The summed E-state index contributed by atoms with van der Waals surface area (Å²) in [5.74, 6) is 0.576. The van der Waals surface area contributed by atoms with Crippen molar-refractivity contribution in [3.8, 4) is 11.5 Å². The van der Waals surface area contributed by atoms with E-state index in [9.17, 15) is 4.79 Å². The van der Waals surface area contributed by atoms with Gasteiger partial charge in [0.05, 0.1) is 18.9 Å². The SMILES string of the molecule is COC(=O)c1cc2cc(C3CC3Cl)cc(-c3ccco3)n2n1. The Bertz CT molecular complexity index is 854. The van der Waals surface area contributed by atoms with Crippen molar-refractivity contribution in [3.05, 3.63) is 47.9 Å². The van der Waals surface area contributed by atoms with E-state index in [4.69, 9.17) is 20.8 Å². The number of pyridine rings is 1. The predicted molar refractivity (Wildman–Crippen MR) is 81.2 cm³/mol. The number of hydrogen-bond donors (Lipinski definition) is 0. The van der Waals surface area contributed by atoms with E-state index in [-0.39, 0.29) is 11.1 Å².